The first kappa shape index (κ1) is 15.7. The monoisotopic (exact) mass is 271 g/mol. The fourth-order valence-electron chi connectivity index (χ4n) is 1.54. The molecular formula is C14H19BF3O-. The predicted molar refractivity (Wildman–Crippen MR) is 73.6 cm³/mol. The Morgan fingerprint density at radius 1 is 1.26 bits per heavy atom. The van der Waals surface area contributed by atoms with Crippen LogP contribution in [0.5, 0.6) is 5.75 Å². The Hall–Kier alpha value is -1.39. The minimum Gasteiger partial charge on any atom is -0.492 e. The number of hydrogen-bond acceptors (Lipinski definition) is 1. The van der Waals surface area contributed by atoms with Crippen molar-refractivity contribution in [2.45, 2.75) is 33.1 Å². The van der Waals surface area contributed by atoms with E-state index in [4.69, 9.17) is 4.74 Å². The van der Waals surface area contributed by atoms with Crippen LogP contribution >= 0.6 is 0 Å². The van der Waals surface area contributed by atoms with Crippen molar-refractivity contribution >= 4 is 6.98 Å². The first-order chi connectivity index (χ1) is 8.51. The molecule has 0 aliphatic carbocycles. The summed E-state index contributed by atoms with van der Waals surface area (Å²) in [6, 6.07) is 5.53. The third kappa shape index (κ3) is 4.33. The molecule has 1 nitrogen and oxygen atoms in total. The van der Waals surface area contributed by atoms with Gasteiger partial charge in [0, 0.05) is 0 Å². The third-order valence-electron chi connectivity index (χ3n) is 2.92. The van der Waals surface area contributed by atoms with Gasteiger partial charge in [-0.15, -0.1) is 12.1 Å². The molecule has 0 N–H and O–H groups in total. The molecule has 106 valence electrons. The van der Waals surface area contributed by atoms with Crippen LogP contribution in [0.3, 0.4) is 0 Å². The zero-order valence-electron chi connectivity index (χ0n) is 11.8. The number of halogens is 3. The molecule has 1 aromatic carbocycles. The van der Waals surface area contributed by atoms with E-state index in [0.717, 1.165) is 11.1 Å². The van der Waals surface area contributed by atoms with Gasteiger partial charge < -0.3 is 17.7 Å². The number of aryl methyl sites for hydroxylation is 1. The van der Waals surface area contributed by atoms with Gasteiger partial charge in [0.25, 0.3) is 0 Å². The molecule has 0 heterocycles. The summed E-state index contributed by atoms with van der Waals surface area (Å²) in [5.74, 6) is 0.467. The van der Waals surface area contributed by atoms with E-state index in [-0.39, 0.29) is 5.41 Å². The fraction of sp³-hybridized carbons (Fsp3) is 0.429. The summed E-state index contributed by atoms with van der Waals surface area (Å²) >= 11 is 0. The van der Waals surface area contributed by atoms with Gasteiger partial charge in [0.1, 0.15) is 5.75 Å². The van der Waals surface area contributed by atoms with E-state index >= 15 is 0 Å². The van der Waals surface area contributed by atoms with Gasteiger partial charge in [-0.25, -0.2) is 0 Å². The Bertz CT molecular complexity index is 473. The second-order valence-electron chi connectivity index (χ2n) is 5.75. The summed E-state index contributed by atoms with van der Waals surface area (Å²) in [6.07, 6.45) is 0. The first-order valence-electron chi connectivity index (χ1n) is 6.13. The quantitative estimate of drug-likeness (QED) is 0.726. The lowest BCUT2D eigenvalue weighted by atomic mass is 9.81. The average Bonchev–Trinajstić information content (AvgIpc) is 2.24. The molecule has 0 aromatic heterocycles. The van der Waals surface area contributed by atoms with Crippen LogP contribution in [0, 0.1) is 6.92 Å². The van der Waals surface area contributed by atoms with Gasteiger partial charge in [0.2, 0.25) is 0 Å². The lowest BCUT2D eigenvalue weighted by Crippen LogP contribution is -2.23. The summed E-state index contributed by atoms with van der Waals surface area (Å²) in [7, 11) is 0. The van der Waals surface area contributed by atoms with Crippen molar-refractivity contribution in [3.8, 4) is 5.75 Å². The van der Waals surface area contributed by atoms with Gasteiger partial charge >= 0.3 is 6.98 Å². The molecule has 0 amide bonds. The van der Waals surface area contributed by atoms with Crippen molar-refractivity contribution in [2.24, 2.45) is 0 Å². The van der Waals surface area contributed by atoms with Gasteiger partial charge in [0.05, 0.1) is 6.61 Å². The highest BCUT2D eigenvalue weighted by Gasteiger charge is 2.27. The van der Waals surface area contributed by atoms with Crippen molar-refractivity contribution < 1.29 is 17.7 Å². The molecule has 0 saturated carbocycles. The van der Waals surface area contributed by atoms with E-state index in [2.05, 4.69) is 27.4 Å². The van der Waals surface area contributed by atoms with Crippen molar-refractivity contribution in [2.75, 3.05) is 6.61 Å². The summed E-state index contributed by atoms with van der Waals surface area (Å²) in [5, 5.41) is 0. The fourth-order valence-corrected chi connectivity index (χ4v) is 1.54. The van der Waals surface area contributed by atoms with Crippen molar-refractivity contribution in [3.05, 3.63) is 41.4 Å². The predicted octanol–water partition coefficient (Wildman–Crippen LogP) is 4.61. The zero-order valence-corrected chi connectivity index (χ0v) is 11.8. The van der Waals surface area contributed by atoms with Crippen LogP contribution in [-0.4, -0.2) is 13.6 Å². The van der Waals surface area contributed by atoms with Gasteiger partial charge in [0.15, 0.2) is 0 Å². The number of rotatable bonds is 4. The second-order valence-corrected chi connectivity index (χ2v) is 5.75. The van der Waals surface area contributed by atoms with E-state index in [1.807, 2.05) is 19.1 Å². The van der Waals surface area contributed by atoms with Crippen LogP contribution < -0.4 is 4.74 Å². The number of benzene rings is 1. The molecule has 0 aliphatic heterocycles. The molecule has 0 unspecified atom stereocenters. The lowest BCUT2D eigenvalue weighted by molar-refractivity contribution is 0.344. The highest BCUT2D eigenvalue weighted by molar-refractivity contribution is 6.66. The van der Waals surface area contributed by atoms with Crippen LogP contribution in [0.4, 0.5) is 12.9 Å². The minimum absolute atomic E-state index is 0.00195. The van der Waals surface area contributed by atoms with Crippen molar-refractivity contribution in [1.29, 1.82) is 0 Å². The van der Waals surface area contributed by atoms with Crippen molar-refractivity contribution in [1.82, 2.24) is 0 Å². The van der Waals surface area contributed by atoms with E-state index in [1.54, 1.807) is 6.07 Å². The van der Waals surface area contributed by atoms with Crippen LogP contribution in [0.1, 0.15) is 31.9 Å². The molecule has 0 saturated heterocycles. The van der Waals surface area contributed by atoms with Crippen LogP contribution in [0.2, 0.25) is 0 Å². The minimum atomic E-state index is -5.03. The molecule has 0 spiro atoms. The zero-order chi connectivity index (χ0) is 14.8. The second kappa shape index (κ2) is 5.31. The standard InChI is InChI=1S/C14H19BF3O/c1-10-8-12(14(3,4)5)6-7-13(10)19-9-11(2)15(16,17)18/h6-8H,2,9H2,1,3-5H3/q-1. The molecule has 5 heteroatoms. The SMILES string of the molecule is C=C(COc1ccc(C(C)(C)C)cc1C)[B-](F)(F)F. The third-order valence-corrected chi connectivity index (χ3v) is 2.92. The Labute approximate surface area is 112 Å². The summed E-state index contributed by atoms with van der Waals surface area (Å²) in [6.45, 7) is 5.53. The number of hydrogen-bond donors (Lipinski definition) is 0. The van der Waals surface area contributed by atoms with Gasteiger partial charge in [-0.2, -0.15) is 0 Å². The highest BCUT2D eigenvalue weighted by atomic mass is 19.4. The van der Waals surface area contributed by atoms with E-state index in [1.165, 1.54) is 0 Å². The molecule has 0 radical (unpaired) electrons. The summed E-state index contributed by atoms with van der Waals surface area (Å²) in [4.78, 5) is 0. The topological polar surface area (TPSA) is 9.23 Å². The van der Waals surface area contributed by atoms with Gasteiger partial charge in [-0.05, 0) is 29.5 Å². The first-order valence-corrected chi connectivity index (χ1v) is 6.13. The Morgan fingerprint density at radius 2 is 1.84 bits per heavy atom. The largest absolute Gasteiger partial charge is 0.508 e. The maximum Gasteiger partial charge on any atom is 0.508 e. The van der Waals surface area contributed by atoms with Crippen LogP contribution in [0.25, 0.3) is 0 Å². The summed E-state index contributed by atoms with van der Waals surface area (Å²) in [5.41, 5.74) is 1.13. The molecule has 0 bridgehead atoms. The van der Waals surface area contributed by atoms with Crippen LogP contribution in [-0.2, 0) is 5.41 Å². The molecule has 0 aliphatic rings. The maximum atomic E-state index is 12.4. The molecule has 1 rings (SSSR count). The lowest BCUT2D eigenvalue weighted by Gasteiger charge is -2.22. The smallest absolute Gasteiger partial charge is 0.492 e. The van der Waals surface area contributed by atoms with E-state index < -0.39 is 19.1 Å². The van der Waals surface area contributed by atoms with Gasteiger partial charge in [-0.3, -0.25) is 0 Å². The van der Waals surface area contributed by atoms with E-state index in [9.17, 15) is 12.9 Å². The molecular weight excluding hydrogens is 252 g/mol. The highest BCUT2D eigenvalue weighted by Crippen LogP contribution is 2.28. The normalized spacial score (nSPS) is 12.4. The van der Waals surface area contributed by atoms with Gasteiger partial charge in [-0.1, -0.05) is 32.9 Å². The Kier molecular flexibility index (Phi) is 4.38. The van der Waals surface area contributed by atoms with Crippen molar-refractivity contribution in [3.63, 3.8) is 0 Å². The van der Waals surface area contributed by atoms with Crippen LogP contribution in [0.15, 0.2) is 30.3 Å². The summed E-state index contributed by atoms with van der Waals surface area (Å²) < 4.78 is 42.3. The molecule has 0 atom stereocenters. The Morgan fingerprint density at radius 3 is 2.26 bits per heavy atom. The average molecular weight is 271 g/mol. The molecule has 19 heavy (non-hydrogen) atoms. The Balaban J connectivity index is 2.79. The van der Waals surface area contributed by atoms with E-state index in [0.29, 0.717) is 5.75 Å². The molecule has 1 aromatic rings. The number of ether oxygens (including phenoxy) is 1. The maximum absolute atomic E-state index is 12.4. The molecule has 0 fully saturated rings.